The highest BCUT2D eigenvalue weighted by Gasteiger charge is 2.35. The van der Waals surface area contributed by atoms with Crippen molar-refractivity contribution < 1.29 is 0 Å². The lowest BCUT2D eigenvalue weighted by atomic mass is 9.81. The van der Waals surface area contributed by atoms with Crippen LogP contribution in [0.1, 0.15) is 25.0 Å². The third-order valence-corrected chi connectivity index (χ3v) is 11.1. The molecule has 0 atom stereocenters. The summed E-state index contributed by atoms with van der Waals surface area (Å²) in [6, 6.07) is 57.0. The second kappa shape index (κ2) is 10.3. The van der Waals surface area contributed by atoms with Crippen molar-refractivity contribution in [3.05, 3.63) is 169 Å². The monoisotopic (exact) mass is 652 g/mol. The van der Waals surface area contributed by atoms with Gasteiger partial charge in [0.1, 0.15) is 5.65 Å². The van der Waals surface area contributed by atoms with Crippen molar-refractivity contribution in [2.75, 3.05) is 0 Å². The molecule has 4 nitrogen and oxygen atoms in total. The van der Waals surface area contributed by atoms with E-state index in [4.69, 9.17) is 9.97 Å². The van der Waals surface area contributed by atoms with Crippen LogP contribution in [0.15, 0.2) is 158 Å². The summed E-state index contributed by atoms with van der Waals surface area (Å²) in [4.78, 5) is 10.5. The molecular weight excluding hydrogens is 621 g/mol. The van der Waals surface area contributed by atoms with Gasteiger partial charge in [0.05, 0.1) is 27.6 Å². The van der Waals surface area contributed by atoms with Gasteiger partial charge in [0.15, 0.2) is 0 Å². The largest absolute Gasteiger partial charge is 0.279 e. The molecule has 0 fully saturated rings. The predicted molar refractivity (Wildman–Crippen MR) is 211 cm³/mol. The SMILES string of the molecule is CC1(C)c2ccccc2-c2ccc(-c3ccc(-c4ccc5c6ccccc6n(-c6nc7ccccc7c7nc8ccccc8n67)c5c4)cc3)cc21. The van der Waals surface area contributed by atoms with Gasteiger partial charge in [-0.3, -0.25) is 8.97 Å². The van der Waals surface area contributed by atoms with Gasteiger partial charge in [0.25, 0.3) is 0 Å². The van der Waals surface area contributed by atoms with Crippen molar-refractivity contribution in [2.24, 2.45) is 0 Å². The zero-order valence-corrected chi connectivity index (χ0v) is 28.3. The van der Waals surface area contributed by atoms with E-state index in [-0.39, 0.29) is 5.41 Å². The van der Waals surface area contributed by atoms with Gasteiger partial charge in [-0.05, 0) is 87.0 Å². The van der Waals surface area contributed by atoms with Crippen LogP contribution in [0, 0.1) is 0 Å². The molecule has 0 unspecified atom stereocenters. The van der Waals surface area contributed by atoms with Crippen LogP contribution in [0.4, 0.5) is 0 Å². The average molecular weight is 653 g/mol. The Morgan fingerprint density at radius 3 is 1.84 bits per heavy atom. The van der Waals surface area contributed by atoms with Crippen molar-refractivity contribution in [2.45, 2.75) is 19.3 Å². The fourth-order valence-electron chi connectivity index (χ4n) is 8.58. The highest BCUT2D eigenvalue weighted by Crippen LogP contribution is 2.49. The molecule has 0 saturated carbocycles. The maximum absolute atomic E-state index is 5.35. The van der Waals surface area contributed by atoms with E-state index >= 15 is 0 Å². The van der Waals surface area contributed by atoms with E-state index < -0.39 is 0 Å². The van der Waals surface area contributed by atoms with Gasteiger partial charge in [-0.25, -0.2) is 9.97 Å². The van der Waals surface area contributed by atoms with Crippen molar-refractivity contribution in [1.82, 2.24) is 18.9 Å². The van der Waals surface area contributed by atoms with Gasteiger partial charge < -0.3 is 0 Å². The van der Waals surface area contributed by atoms with Crippen LogP contribution in [-0.4, -0.2) is 18.9 Å². The Morgan fingerprint density at radius 1 is 0.431 bits per heavy atom. The van der Waals surface area contributed by atoms with Crippen LogP contribution in [-0.2, 0) is 5.41 Å². The van der Waals surface area contributed by atoms with Crippen molar-refractivity contribution in [3.8, 4) is 39.3 Å². The number of rotatable bonds is 3. The number of imidazole rings is 1. The minimum atomic E-state index is -0.0236. The molecule has 3 heterocycles. The maximum atomic E-state index is 5.35. The Bertz CT molecular complexity index is 3050. The lowest BCUT2D eigenvalue weighted by molar-refractivity contribution is 0.660. The minimum absolute atomic E-state index is 0.0236. The first-order valence-corrected chi connectivity index (χ1v) is 17.6. The molecule has 0 radical (unpaired) electrons. The van der Waals surface area contributed by atoms with Gasteiger partial charge in [0, 0.05) is 21.6 Å². The third kappa shape index (κ3) is 3.96. The summed E-state index contributed by atoms with van der Waals surface area (Å²) >= 11 is 0. The standard InChI is InChI=1S/C47H32N4/c1-47(2)38-14-6-3-11-33(38)34-25-23-31(27-39(34)47)29-19-21-30(22-20-29)32-24-26-36-35-12-5-9-17-42(35)50(44(36)28-32)46-49-40-15-7-4-13-37(40)45-48-41-16-8-10-18-43(41)51(45)46/h3-28H,1-2H3. The molecule has 1 aliphatic carbocycles. The summed E-state index contributed by atoms with van der Waals surface area (Å²) in [5.74, 6) is 0.831. The number of hydrogen-bond donors (Lipinski definition) is 0. The maximum Gasteiger partial charge on any atom is 0.221 e. The third-order valence-electron chi connectivity index (χ3n) is 11.1. The topological polar surface area (TPSA) is 35.1 Å². The van der Waals surface area contributed by atoms with Crippen molar-refractivity contribution >= 4 is 49.4 Å². The zero-order chi connectivity index (χ0) is 33.8. The second-order valence-corrected chi connectivity index (χ2v) is 14.3. The van der Waals surface area contributed by atoms with Gasteiger partial charge in [-0.15, -0.1) is 0 Å². The van der Waals surface area contributed by atoms with E-state index in [9.17, 15) is 0 Å². The Labute approximate surface area is 294 Å². The van der Waals surface area contributed by atoms with E-state index in [1.54, 1.807) is 0 Å². The molecule has 1 aliphatic rings. The summed E-state index contributed by atoms with van der Waals surface area (Å²) in [6.45, 7) is 4.68. The van der Waals surface area contributed by atoms with Crippen molar-refractivity contribution in [3.63, 3.8) is 0 Å². The number of fused-ring (bicyclic) bond motifs is 11. The van der Waals surface area contributed by atoms with Crippen LogP contribution >= 0.6 is 0 Å². The molecule has 4 heteroatoms. The molecule has 0 spiro atoms. The summed E-state index contributed by atoms with van der Waals surface area (Å²) in [7, 11) is 0. The number of para-hydroxylation sites is 4. The first-order chi connectivity index (χ1) is 25.0. The Kier molecular flexibility index (Phi) is 5.70. The lowest BCUT2D eigenvalue weighted by Crippen LogP contribution is -2.14. The zero-order valence-electron chi connectivity index (χ0n) is 28.3. The van der Waals surface area contributed by atoms with Gasteiger partial charge in [-0.2, -0.15) is 0 Å². The van der Waals surface area contributed by atoms with E-state index in [0.717, 1.165) is 50.1 Å². The summed E-state index contributed by atoms with van der Waals surface area (Å²) in [6.07, 6.45) is 0. The fourth-order valence-corrected chi connectivity index (χ4v) is 8.58. The first kappa shape index (κ1) is 28.3. The molecule has 0 saturated heterocycles. The Morgan fingerprint density at radius 2 is 1.02 bits per heavy atom. The van der Waals surface area contributed by atoms with E-state index in [1.807, 2.05) is 6.07 Å². The molecule has 240 valence electrons. The summed E-state index contributed by atoms with van der Waals surface area (Å²) in [5, 5.41) is 3.43. The first-order valence-electron chi connectivity index (χ1n) is 17.6. The fraction of sp³-hybridized carbons (Fsp3) is 0.0638. The highest BCUT2D eigenvalue weighted by molar-refractivity contribution is 6.10. The highest BCUT2D eigenvalue weighted by atomic mass is 15.2. The molecular formula is C47H32N4. The molecule has 7 aromatic carbocycles. The van der Waals surface area contributed by atoms with Gasteiger partial charge >= 0.3 is 0 Å². The number of aromatic nitrogens is 4. The van der Waals surface area contributed by atoms with Gasteiger partial charge in [-0.1, -0.05) is 129 Å². The average Bonchev–Trinajstić information content (AvgIpc) is 3.81. The molecule has 0 N–H and O–H groups in total. The van der Waals surface area contributed by atoms with E-state index in [1.165, 1.54) is 49.7 Å². The molecule has 10 aromatic rings. The number of hydrogen-bond acceptors (Lipinski definition) is 2. The number of nitrogens with zero attached hydrogens (tertiary/aromatic N) is 4. The molecule has 11 rings (SSSR count). The minimum Gasteiger partial charge on any atom is -0.279 e. The Hall–Kier alpha value is -6.52. The van der Waals surface area contributed by atoms with Crippen molar-refractivity contribution in [1.29, 1.82) is 0 Å². The normalized spacial score (nSPS) is 13.5. The molecule has 0 aliphatic heterocycles. The molecule has 0 amide bonds. The van der Waals surface area contributed by atoms with Gasteiger partial charge in [0.2, 0.25) is 5.95 Å². The van der Waals surface area contributed by atoms with Crippen LogP contribution in [0.2, 0.25) is 0 Å². The predicted octanol–water partition coefficient (Wildman–Crippen LogP) is 11.8. The molecule has 0 bridgehead atoms. The molecule has 51 heavy (non-hydrogen) atoms. The smallest absolute Gasteiger partial charge is 0.221 e. The lowest BCUT2D eigenvalue weighted by Gasteiger charge is -2.22. The number of benzene rings is 7. The van der Waals surface area contributed by atoms with Crippen LogP contribution in [0.3, 0.4) is 0 Å². The summed E-state index contributed by atoms with van der Waals surface area (Å²) in [5.41, 5.74) is 16.3. The second-order valence-electron chi connectivity index (χ2n) is 14.3. The van der Waals surface area contributed by atoms with Crippen LogP contribution < -0.4 is 0 Å². The van der Waals surface area contributed by atoms with Crippen LogP contribution in [0.5, 0.6) is 0 Å². The quantitative estimate of drug-likeness (QED) is 0.190. The van der Waals surface area contributed by atoms with Crippen LogP contribution in [0.25, 0.3) is 88.7 Å². The van der Waals surface area contributed by atoms with E-state index in [0.29, 0.717) is 0 Å². The Balaban J connectivity index is 1.08. The van der Waals surface area contributed by atoms with E-state index in [2.05, 4.69) is 174 Å². The summed E-state index contributed by atoms with van der Waals surface area (Å²) < 4.78 is 4.54. The molecule has 3 aromatic heterocycles.